The topological polar surface area (TPSA) is 66.4 Å². The van der Waals surface area contributed by atoms with Gasteiger partial charge in [-0.3, -0.25) is 4.98 Å². The lowest BCUT2D eigenvalue weighted by molar-refractivity contribution is 0.383. The Morgan fingerprint density at radius 3 is 2.39 bits per heavy atom. The van der Waals surface area contributed by atoms with E-state index in [2.05, 4.69) is 9.97 Å². The predicted molar refractivity (Wildman–Crippen MR) is 89.9 cm³/mol. The van der Waals surface area contributed by atoms with Gasteiger partial charge in [-0.15, -0.1) is 0 Å². The molecule has 1 fully saturated rings. The van der Waals surface area contributed by atoms with E-state index in [1.165, 1.54) is 10.5 Å². The minimum Gasteiger partial charge on any atom is -0.353 e. The van der Waals surface area contributed by atoms with Crippen molar-refractivity contribution in [3.63, 3.8) is 0 Å². The van der Waals surface area contributed by atoms with Crippen molar-refractivity contribution in [2.24, 2.45) is 0 Å². The summed E-state index contributed by atoms with van der Waals surface area (Å²) < 4.78 is 26.6. The molecule has 0 spiro atoms. The zero-order valence-corrected chi connectivity index (χ0v) is 14.0. The molecule has 0 amide bonds. The van der Waals surface area contributed by atoms with Crippen LogP contribution in [0.5, 0.6) is 0 Å². The molecule has 1 aromatic heterocycles. The Labute approximate surface area is 140 Å². The highest BCUT2D eigenvalue weighted by molar-refractivity contribution is 7.88. The Balaban J connectivity index is 1.64. The molecule has 1 aliphatic heterocycles. The van der Waals surface area contributed by atoms with Crippen molar-refractivity contribution in [2.45, 2.75) is 5.75 Å². The van der Waals surface area contributed by atoms with Crippen molar-refractivity contribution in [1.29, 1.82) is 0 Å². The van der Waals surface area contributed by atoms with E-state index >= 15 is 0 Å². The summed E-state index contributed by atoms with van der Waals surface area (Å²) in [7, 11) is -3.31. The van der Waals surface area contributed by atoms with E-state index in [1.807, 2.05) is 35.2 Å². The summed E-state index contributed by atoms with van der Waals surface area (Å²) in [5, 5.41) is 0.335. The zero-order valence-electron chi connectivity index (χ0n) is 12.5. The van der Waals surface area contributed by atoms with Gasteiger partial charge in [0.05, 0.1) is 18.1 Å². The molecule has 6 nitrogen and oxygen atoms in total. The van der Waals surface area contributed by atoms with Crippen molar-refractivity contribution in [1.82, 2.24) is 14.3 Å². The van der Waals surface area contributed by atoms with Crippen LogP contribution in [0.1, 0.15) is 5.56 Å². The van der Waals surface area contributed by atoms with E-state index in [-0.39, 0.29) is 5.75 Å². The second kappa shape index (κ2) is 6.82. The summed E-state index contributed by atoms with van der Waals surface area (Å²) in [5.74, 6) is 0.711. The van der Waals surface area contributed by atoms with Gasteiger partial charge in [0.2, 0.25) is 10.0 Å². The Morgan fingerprint density at radius 1 is 1.04 bits per heavy atom. The van der Waals surface area contributed by atoms with Gasteiger partial charge in [-0.1, -0.05) is 41.9 Å². The number of halogens is 1. The highest BCUT2D eigenvalue weighted by atomic mass is 35.5. The normalized spacial score (nSPS) is 16.5. The van der Waals surface area contributed by atoms with E-state index in [0.717, 1.165) is 5.56 Å². The van der Waals surface area contributed by atoms with Crippen LogP contribution in [0.4, 0.5) is 5.82 Å². The van der Waals surface area contributed by atoms with E-state index in [4.69, 9.17) is 11.6 Å². The van der Waals surface area contributed by atoms with Crippen LogP contribution in [0, 0.1) is 0 Å². The number of rotatable bonds is 4. The molecular formula is C15H17ClN4O2S. The lowest BCUT2D eigenvalue weighted by Crippen LogP contribution is -2.49. The van der Waals surface area contributed by atoms with Crippen LogP contribution >= 0.6 is 11.6 Å². The SMILES string of the molecule is O=S(=O)(Cc1ccccc1)N1CCN(c2cncc(Cl)n2)CC1. The van der Waals surface area contributed by atoms with Gasteiger partial charge in [0, 0.05) is 26.2 Å². The van der Waals surface area contributed by atoms with Crippen molar-refractivity contribution in [2.75, 3.05) is 31.1 Å². The molecule has 1 aromatic carbocycles. The smallest absolute Gasteiger partial charge is 0.218 e. The fourth-order valence-corrected chi connectivity index (χ4v) is 4.22. The number of hydrogen-bond donors (Lipinski definition) is 0. The summed E-state index contributed by atoms with van der Waals surface area (Å²) in [4.78, 5) is 10.2. The number of aromatic nitrogens is 2. The third-order valence-electron chi connectivity index (χ3n) is 3.74. The zero-order chi connectivity index (χ0) is 16.3. The summed E-state index contributed by atoms with van der Waals surface area (Å²) in [5.41, 5.74) is 0.802. The fourth-order valence-electron chi connectivity index (χ4n) is 2.56. The van der Waals surface area contributed by atoms with Crippen molar-refractivity contribution >= 4 is 27.4 Å². The Bertz CT molecular complexity index is 762. The number of anilines is 1. The molecule has 2 heterocycles. The molecule has 3 rings (SSSR count). The average molecular weight is 353 g/mol. The first-order valence-electron chi connectivity index (χ1n) is 7.29. The predicted octanol–water partition coefficient (Wildman–Crippen LogP) is 1.78. The number of piperazine rings is 1. The maximum Gasteiger partial charge on any atom is 0.218 e. The van der Waals surface area contributed by atoms with Crippen molar-refractivity contribution < 1.29 is 8.42 Å². The third-order valence-corrected chi connectivity index (χ3v) is 5.77. The molecule has 8 heteroatoms. The maximum atomic E-state index is 12.5. The van der Waals surface area contributed by atoms with Crippen LogP contribution in [-0.2, 0) is 15.8 Å². The molecule has 1 aliphatic rings. The second-order valence-electron chi connectivity index (χ2n) is 5.33. The van der Waals surface area contributed by atoms with Gasteiger partial charge in [-0.25, -0.2) is 13.4 Å². The molecule has 122 valence electrons. The molecular weight excluding hydrogens is 336 g/mol. The minimum absolute atomic E-state index is 0.0326. The molecule has 0 N–H and O–H groups in total. The maximum absolute atomic E-state index is 12.5. The van der Waals surface area contributed by atoms with Crippen LogP contribution in [-0.4, -0.2) is 48.9 Å². The Kier molecular flexibility index (Phi) is 4.79. The van der Waals surface area contributed by atoms with Gasteiger partial charge in [-0.05, 0) is 5.56 Å². The minimum atomic E-state index is -3.31. The van der Waals surface area contributed by atoms with Crippen molar-refractivity contribution in [3.05, 3.63) is 53.4 Å². The Hall–Kier alpha value is -1.70. The number of nitrogens with zero attached hydrogens (tertiary/aromatic N) is 4. The lowest BCUT2D eigenvalue weighted by Gasteiger charge is -2.34. The first-order chi connectivity index (χ1) is 11.0. The summed E-state index contributed by atoms with van der Waals surface area (Å²) in [6.07, 6.45) is 3.12. The third kappa shape index (κ3) is 3.99. The average Bonchev–Trinajstić information content (AvgIpc) is 2.55. The molecule has 0 atom stereocenters. The van der Waals surface area contributed by atoms with Crippen LogP contribution in [0.25, 0.3) is 0 Å². The molecule has 2 aromatic rings. The second-order valence-corrected chi connectivity index (χ2v) is 7.68. The van der Waals surface area contributed by atoms with E-state index < -0.39 is 10.0 Å². The van der Waals surface area contributed by atoms with Gasteiger partial charge >= 0.3 is 0 Å². The van der Waals surface area contributed by atoms with Crippen LogP contribution in [0.15, 0.2) is 42.7 Å². The first kappa shape index (κ1) is 16.2. The Morgan fingerprint density at radius 2 is 1.74 bits per heavy atom. The van der Waals surface area contributed by atoms with Crippen LogP contribution in [0.2, 0.25) is 5.15 Å². The summed E-state index contributed by atoms with van der Waals surface area (Å²) in [6.45, 7) is 2.01. The number of hydrogen-bond acceptors (Lipinski definition) is 5. The van der Waals surface area contributed by atoms with E-state index in [9.17, 15) is 8.42 Å². The van der Waals surface area contributed by atoms with Gasteiger partial charge in [0.15, 0.2) is 0 Å². The monoisotopic (exact) mass is 352 g/mol. The van der Waals surface area contributed by atoms with Crippen LogP contribution < -0.4 is 4.90 Å². The fraction of sp³-hybridized carbons (Fsp3) is 0.333. The lowest BCUT2D eigenvalue weighted by atomic mass is 10.2. The van der Waals surface area contributed by atoms with Gasteiger partial charge in [-0.2, -0.15) is 4.31 Å². The van der Waals surface area contributed by atoms with Crippen molar-refractivity contribution in [3.8, 4) is 0 Å². The molecule has 0 bridgehead atoms. The van der Waals surface area contributed by atoms with Gasteiger partial charge in [0.1, 0.15) is 11.0 Å². The van der Waals surface area contributed by atoms with E-state index in [1.54, 1.807) is 6.20 Å². The summed E-state index contributed by atoms with van der Waals surface area (Å²) >= 11 is 5.85. The molecule has 23 heavy (non-hydrogen) atoms. The standard InChI is InChI=1S/C15H17ClN4O2S/c16-14-10-17-11-15(18-14)19-6-8-20(9-7-19)23(21,22)12-13-4-2-1-3-5-13/h1-5,10-11H,6-9,12H2. The highest BCUT2D eigenvalue weighted by Crippen LogP contribution is 2.18. The molecule has 0 radical (unpaired) electrons. The van der Waals surface area contributed by atoms with E-state index in [0.29, 0.717) is 37.1 Å². The van der Waals surface area contributed by atoms with Gasteiger partial charge < -0.3 is 4.90 Å². The largest absolute Gasteiger partial charge is 0.353 e. The number of benzene rings is 1. The van der Waals surface area contributed by atoms with Gasteiger partial charge in [0.25, 0.3) is 0 Å². The summed E-state index contributed by atoms with van der Waals surface area (Å²) in [6, 6.07) is 9.23. The quantitative estimate of drug-likeness (QED) is 0.839. The molecule has 0 unspecified atom stereocenters. The number of sulfonamides is 1. The molecule has 0 saturated carbocycles. The first-order valence-corrected chi connectivity index (χ1v) is 9.27. The highest BCUT2D eigenvalue weighted by Gasteiger charge is 2.27. The molecule has 0 aliphatic carbocycles. The van der Waals surface area contributed by atoms with Crippen LogP contribution in [0.3, 0.4) is 0 Å². The molecule has 1 saturated heterocycles.